The van der Waals surface area contributed by atoms with Crippen LogP contribution in [0.25, 0.3) is 11.0 Å². The van der Waals surface area contributed by atoms with Gasteiger partial charge in [0.2, 0.25) is 11.8 Å². The lowest BCUT2D eigenvalue weighted by molar-refractivity contribution is -0.133. The molecule has 3 heterocycles. The van der Waals surface area contributed by atoms with Crippen molar-refractivity contribution in [2.75, 3.05) is 25.1 Å². The first-order valence-corrected chi connectivity index (χ1v) is 9.52. The molecule has 2 N–H and O–H groups in total. The first-order valence-electron chi connectivity index (χ1n) is 9.52. The van der Waals surface area contributed by atoms with E-state index in [1.54, 1.807) is 6.20 Å². The fraction of sp³-hybridized carbons (Fsp3) is 0.300. The summed E-state index contributed by atoms with van der Waals surface area (Å²) in [5.41, 5.74) is 1.63. The number of nitrogens with zero attached hydrogens (tertiary/aromatic N) is 6. The third-order valence-electron chi connectivity index (χ3n) is 5.09. The fourth-order valence-corrected chi connectivity index (χ4v) is 3.54. The van der Waals surface area contributed by atoms with Crippen LogP contribution in [0.3, 0.4) is 0 Å². The highest BCUT2D eigenvalue weighted by Gasteiger charge is 2.33. The minimum Gasteiger partial charge on any atom is -0.480 e. The molecule has 0 spiro atoms. The third kappa shape index (κ3) is 3.77. The van der Waals surface area contributed by atoms with Gasteiger partial charge in [-0.15, -0.1) is 0 Å². The fourth-order valence-electron chi connectivity index (χ4n) is 3.54. The molecule has 1 aliphatic heterocycles. The van der Waals surface area contributed by atoms with Crippen molar-refractivity contribution < 1.29 is 14.3 Å². The summed E-state index contributed by atoms with van der Waals surface area (Å²) < 4.78 is 5.06. The van der Waals surface area contributed by atoms with Crippen molar-refractivity contribution in [1.29, 1.82) is 0 Å². The molecule has 0 radical (unpaired) electrons. The van der Waals surface area contributed by atoms with Crippen molar-refractivity contribution in [3.63, 3.8) is 0 Å². The van der Waals surface area contributed by atoms with Crippen LogP contribution >= 0.6 is 0 Å². The third-order valence-corrected chi connectivity index (χ3v) is 5.09. The van der Waals surface area contributed by atoms with Gasteiger partial charge in [0.25, 0.3) is 5.91 Å². The van der Waals surface area contributed by atoms with Gasteiger partial charge in [-0.3, -0.25) is 14.6 Å². The van der Waals surface area contributed by atoms with Crippen LogP contribution in [0.4, 0.5) is 5.82 Å². The summed E-state index contributed by atoms with van der Waals surface area (Å²) >= 11 is 0. The van der Waals surface area contributed by atoms with Crippen LogP contribution < -0.4 is 15.5 Å². The Kier molecular flexibility index (Phi) is 5.48. The number of carbonyl (C=O) groups is 2. The lowest BCUT2D eigenvalue weighted by Crippen LogP contribution is -2.50. The van der Waals surface area contributed by atoms with Crippen molar-refractivity contribution >= 4 is 28.7 Å². The molecule has 1 aromatic carbocycles. The number of rotatable bonds is 4. The number of ether oxygens (including phenoxy) is 1. The number of aromatic nitrogens is 4. The zero-order valence-corrected chi connectivity index (χ0v) is 16.4. The largest absolute Gasteiger partial charge is 0.480 e. The Hall–Kier alpha value is -3.66. The van der Waals surface area contributed by atoms with Crippen LogP contribution in [-0.2, 0) is 4.79 Å². The van der Waals surface area contributed by atoms with E-state index in [1.165, 1.54) is 19.6 Å². The van der Waals surface area contributed by atoms with Crippen LogP contribution in [0.2, 0.25) is 0 Å². The van der Waals surface area contributed by atoms with Gasteiger partial charge in [-0.25, -0.2) is 25.8 Å². The second-order valence-electron chi connectivity index (χ2n) is 6.96. The van der Waals surface area contributed by atoms with Gasteiger partial charge in [-0.05, 0) is 25.0 Å². The van der Waals surface area contributed by atoms with Gasteiger partial charge in [-0.2, -0.15) is 0 Å². The average Bonchev–Trinajstić information content (AvgIpc) is 2.82. The molecular weight excluding hydrogens is 386 g/mol. The van der Waals surface area contributed by atoms with Crippen LogP contribution in [0.5, 0.6) is 5.88 Å². The lowest BCUT2D eigenvalue weighted by Gasteiger charge is -2.33. The zero-order valence-electron chi connectivity index (χ0n) is 16.4. The minimum atomic E-state index is -0.708. The standard InChI is InChI=1S/C20H21N7O3/c1-30-18-14(9-22-12-24-18)20(29)27(21)19(28)13-5-4-8-26(11-13)17-10-23-15-6-2-3-7-16(15)25-17/h2-3,6-7,9-10,12-13H,4-5,8,11,21H2,1H3. The van der Waals surface area contributed by atoms with E-state index in [4.69, 9.17) is 10.6 Å². The number of carbonyl (C=O) groups excluding carboxylic acids is 2. The van der Waals surface area contributed by atoms with Crippen LogP contribution in [0, 0.1) is 5.92 Å². The second kappa shape index (κ2) is 8.37. The molecular formula is C20H21N7O3. The molecule has 0 aliphatic carbocycles. The normalized spacial score (nSPS) is 16.3. The van der Waals surface area contributed by atoms with Gasteiger partial charge in [-0.1, -0.05) is 12.1 Å². The number of piperidine rings is 1. The number of hydrogen-bond acceptors (Lipinski definition) is 9. The Morgan fingerprint density at radius 2 is 2.00 bits per heavy atom. The smallest absolute Gasteiger partial charge is 0.281 e. The molecule has 1 saturated heterocycles. The van der Waals surface area contributed by atoms with E-state index in [0.29, 0.717) is 23.8 Å². The highest BCUT2D eigenvalue weighted by Crippen LogP contribution is 2.24. The molecule has 1 atom stereocenters. The van der Waals surface area contributed by atoms with E-state index in [1.807, 2.05) is 29.2 Å². The molecule has 1 unspecified atom stereocenters. The molecule has 0 bridgehead atoms. The van der Waals surface area contributed by atoms with E-state index < -0.39 is 17.7 Å². The van der Waals surface area contributed by atoms with Crippen molar-refractivity contribution in [1.82, 2.24) is 24.9 Å². The number of anilines is 1. The number of methoxy groups -OCH3 is 1. The molecule has 1 aliphatic rings. The summed E-state index contributed by atoms with van der Waals surface area (Å²) in [5, 5.41) is 0.626. The van der Waals surface area contributed by atoms with Crippen LogP contribution in [0.15, 0.2) is 43.0 Å². The van der Waals surface area contributed by atoms with Gasteiger partial charge in [0.05, 0.1) is 30.3 Å². The molecule has 10 heteroatoms. The molecule has 3 aromatic rings. The zero-order chi connectivity index (χ0) is 21.1. The van der Waals surface area contributed by atoms with Crippen LogP contribution in [0.1, 0.15) is 23.2 Å². The van der Waals surface area contributed by atoms with Gasteiger partial charge in [0.15, 0.2) is 0 Å². The highest BCUT2D eigenvalue weighted by atomic mass is 16.5. The van der Waals surface area contributed by atoms with Crippen molar-refractivity contribution in [3.05, 3.63) is 48.5 Å². The number of hydrogen-bond donors (Lipinski definition) is 1. The molecule has 1 fully saturated rings. The van der Waals surface area contributed by atoms with E-state index in [-0.39, 0.29) is 11.4 Å². The Labute approximate surface area is 172 Å². The maximum atomic E-state index is 12.9. The first kappa shape index (κ1) is 19.6. The predicted molar refractivity (Wildman–Crippen MR) is 108 cm³/mol. The molecule has 2 amide bonds. The van der Waals surface area contributed by atoms with Crippen molar-refractivity contribution in [2.24, 2.45) is 11.8 Å². The summed E-state index contributed by atoms with van der Waals surface area (Å²) in [4.78, 5) is 44.4. The Bertz CT molecular complexity index is 1090. The molecule has 30 heavy (non-hydrogen) atoms. The lowest BCUT2D eigenvalue weighted by atomic mass is 9.96. The number of hydrazine groups is 1. The highest BCUT2D eigenvalue weighted by molar-refractivity contribution is 6.05. The van der Waals surface area contributed by atoms with Gasteiger partial charge in [0.1, 0.15) is 17.7 Å². The van der Waals surface area contributed by atoms with E-state index in [9.17, 15) is 9.59 Å². The van der Waals surface area contributed by atoms with Gasteiger partial charge >= 0.3 is 0 Å². The minimum absolute atomic E-state index is 0.0314. The summed E-state index contributed by atoms with van der Waals surface area (Å²) in [6.07, 6.45) is 5.62. The molecule has 154 valence electrons. The Balaban J connectivity index is 1.50. The monoisotopic (exact) mass is 407 g/mol. The number of imide groups is 1. The number of fused-ring (bicyclic) bond motifs is 1. The summed E-state index contributed by atoms with van der Waals surface area (Å²) in [7, 11) is 1.38. The van der Waals surface area contributed by atoms with Gasteiger partial charge in [0, 0.05) is 19.3 Å². The average molecular weight is 407 g/mol. The van der Waals surface area contributed by atoms with E-state index in [0.717, 1.165) is 24.0 Å². The Morgan fingerprint density at radius 3 is 2.80 bits per heavy atom. The summed E-state index contributed by atoms with van der Waals surface area (Å²) in [6, 6.07) is 7.61. The Morgan fingerprint density at radius 1 is 1.20 bits per heavy atom. The topological polar surface area (TPSA) is 127 Å². The predicted octanol–water partition coefficient (Wildman–Crippen LogP) is 1.19. The second-order valence-corrected chi connectivity index (χ2v) is 6.96. The SMILES string of the molecule is COc1ncncc1C(=O)N(N)C(=O)C1CCCN(c2cnc3ccccc3n2)C1. The van der Waals surface area contributed by atoms with Crippen molar-refractivity contribution in [3.8, 4) is 5.88 Å². The van der Waals surface area contributed by atoms with Crippen LogP contribution in [-0.4, -0.2) is 57.0 Å². The number of nitrogens with two attached hydrogens (primary N) is 1. The number of amides is 2. The summed E-state index contributed by atoms with van der Waals surface area (Å²) in [5.74, 6) is 5.02. The van der Waals surface area contributed by atoms with E-state index in [2.05, 4.69) is 19.9 Å². The van der Waals surface area contributed by atoms with Gasteiger partial charge < -0.3 is 9.64 Å². The first-order chi connectivity index (χ1) is 14.6. The number of para-hydroxylation sites is 2. The maximum absolute atomic E-state index is 12.9. The maximum Gasteiger partial charge on any atom is 0.281 e. The molecule has 4 rings (SSSR count). The van der Waals surface area contributed by atoms with E-state index >= 15 is 0 Å². The van der Waals surface area contributed by atoms with Crippen molar-refractivity contribution in [2.45, 2.75) is 12.8 Å². The summed E-state index contributed by atoms with van der Waals surface area (Å²) in [6.45, 7) is 1.14. The molecule has 10 nitrogen and oxygen atoms in total. The molecule has 0 saturated carbocycles. The number of benzene rings is 1. The quantitative estimate of drug-likeness (QED) is 0.293. The molecule has 2 aromatic heterocycles.